The molecule has 0 amide bonds. The molecular weight excluding hydrogens is 957 g/mol. The molecule has 74 heavy (non-hydrogen) atoms. The Morgan fingerprint density at radius 1 is 0.446 bits per heavy atom. The lowest BCUT2D eigenvalue weighted by molar-refractivity contribution is -0.339. The van der Waals surface area contributed by atoms with Crippen LogP contribution in [0.4, 0.5) is 0 Å². The van der Waals surface area contributed by atoms with Crippen LogP contribution in [0.25, 0.3) is 0 Å². The summed E-state index contributed by atoms with van der Waals surface area (Å²) in [6.45, 7) is 11.2. The summed E-state index contributed by atoms with van der Waals surface area (Å²) in [6.07, 6.45) is 12.1. The van der Waals surface area contributed by atoms with E-state index in [4.69, 9.17) is 61.6 Å². The fraction of sp³-hybridized carbons (Fsp3) is 0.860. The van der Waals surface area contributed by atoms with Gasteiger partial charge < -0.3 is 82.0 Å². The summed E-state index contributed by atoms with van der Waals surface area (Å²) in [6, 6.07) is 0. The van der Waals surface area contributed by atoms with Crippen molar-refractivity contribution in [1.29, 1.82) is 0 Å². The maximum atomic E-state index is 12.4. The third-order valence-corrected chi connectivity index (χ3v) is 20.1. The molecule has 1 spiro atoms. The number of ether oxygens (including phenoxy) is 13. The van der Waals surface area contributed by atoms with Gasteiger partial charge in [-0.25, -0.2) is 0 Å². The summed E-state index contributed by atoms with van der Waals surface area (Å²) < 4.78 is 88.7. The van der Waals surface area contributed by atoms with E-state index in [2.05, 4.69) is 57.2 Å². The SMILES string of the molecule is C[C@@H]1C[C@@H]2O[C@@H]3[C@@H](C)[C@H](O)[C@@H]4O[C@]5(C[C@H](O)CO5)[C@@H](C)[C@H](C)[C@H]4O[C@H]3C[C@H]2O[C@H]2C[C@H]3O[C@H]4C/C=C\C[C@H]5O[C@H]6C=C[C@H]7O[C@H]8[C@H](O)[C@H]9OCC=CC[C@@H]9O[C@@H]8C[C@@H]7O[C@@H]6C/C=C\[C@@H]5O[C@@H]4C[C@@H](O)[C@]3(C)O[C@@H]2C1. The fourth-order valence-electron chi connectivity index (χ4n) is 15.6. The topological polar surface area (TPSA) is 201 Å². The van der Waals surface area contributed by atoms with Crippen molar-refractivity contribution >= 4 is 0 Å². The molecule has 0 unspecified atom stereocenters. The first-order valence-corrected chi connectivity index (χ1v) is 28.6. The fourth-order valence-corrected chi connectivity index (χ4v) is 15.6. The third-order valence-electron chi connectivity index (χ3n) is 20.1. The zero-order valence-corrected chi connectivity index (χ0v) is 43.7. The highest BCUT2D eigenvalue weighted by Gasteiger charge is 2.63. The van der Waals surface area contributed by atoms with Gasteiger partial charge in [-0.15, -0.1) is 0 Å². The van der Waals surface area contributed by atoms with E-state index in [0.29, 0.717) is 64.4 Å². The van der Waals surface area contributed by atoms with Crippen molar-refractivity contribution in [2.45, 2.75) is 269 Å². The Kier molecular flexibility index (Phi) is 14.3. The molecule has 13 heterocycles. The molecule has 0 bridgehead atoms. The number of aliphatic hydroxyl groups excluding tert-OH is 4. The van der Waals surface area contributed by atoms with E-state index in [1.165, 1.54) is 0 Å². The second-order valence-electron chi connectivity index (χ2n) is 24.8. The van der Waals surface area contributed by atoms with Gasteiger partial charge in [0.2, 0.25) is 0 Å². The summed E-state index contributed by atoms with van der Waals surface area (Å²) in [4.78, 5) is 0. The average molecular weight is 1040 g/mol. The smallest absolute Gasteiger partial charge is 0.174 e. The standard InChI is InChI=1S/C57H82O17/c1-27-19-39-41(22-45-51(71-39)29(3)49(60)55-52(72-45)28(2)30(4)57(74-55)25-31(58)26-63-57)68-43-24-48-56(5,73-44(43)20-27)47(59)23-42-35(69-48)12-7-6-11-32-33(66-42)14-10-15-34-36(64-32)16-17-37-40(65-34)21-46-54(70-37)50(61)53-38(67-46)13-8-9-18-62-53/h6-10,14,16-17,27-55,58-61H,11-13,15,18-26H2,1-5H3/b7-6-,14-10-/t27-,28+,29+,30+,31+,32-,33+,34-,35+,36+,37-,38+,39+,40+,41-,42-,43+,44-,45+,46-,47-,48-,49+,50-,51-,52-,53+,54-,55+,56+,57-/m1/s1. The lowest BCUT2D eigenvalue weighted by atomic mass is 9.75. The quantitative estimate of drug-likeness (QED) is 0.253. The second kappa shape index (κ2) is 20.4. The van der Waals surface area contributed by atoms with Crippen LogP contribution >= 0.6 is 0 Å². The van der Waals surface area contributed by atoms with Crippen LogP contribution in [0, 0.1) is 23.7 Å². The molecule has 412 valence electrons. The Hall–Kier alpha value is -1.72. The Bertz CT molecular complexity index is 2120. The van der Waals surface area contributed by atoms with E-state index in [1.54, 1.807) is 0 Å². The van der Waals surface area contributed by atoms with Crippen molar-refractivity contribution in [2.24, 2.45) is 23.7 Å². The molecule has 0 aliphatic carbocycles. The second-order valence-corrected chi connectivity index (χ2v) is 24.8. The molecule has 9 fully saturated rings. The van der Waals surface area contributed by atoms with Crippen molar-refractivity contribution < 1.29 is 82.0 Å². The number of hydrogen-bond donors (Lipinski definition) is 4. The maximum Gasteiger partial charge on any atom is 0.174 e. The predicted molar refractivity (Wildman–Crippen MR) is 263 cm³/mol. The highest BCUT2D eigenvalue weighted by molar-refractivity contribution is 5.15. The molecule has 17 nitrogen and oxygen atoms in total. The minimum Gasteiger partial charge on any atom is -0.391 e. The molecule has 0 radical (unpaired) electrons. The number of fused-ring (bicyclic) bond motifs is 11. The molecule has 4 N–H and O–H groups in total. The van der Waals surface area contributed by atoms with E-state index >= 15 is 0 Å². The van der Waals surface area contributed by atoms with Gasteiger partial charge in [0.05, 0.1) is 123 Å². The lowest BCUT2D eigenvalue weighted by Crippen LogP contribution is -2.63. The number of rotatable bonds is 0. The van der Waals surface area contributed by atoms with Crippen LogP contribution in [0.1, 0.15) is 105 Å². The molecular formula is C57H82O17. The van der Waals surface area contributed by atoms with Crippen molar-refractivity contribution in [2.75, 3.05) is 13.2 Å². The van der Waals surface area contributed by atoms with Crippen LogP contribution in [0.5, 0.6) is 0 Å². The Labute approximate surface area is 435 Å². The first-order chi connectivity index (χ1) is 35.7. The maximum absolute atomic E-state index is 12.4. The Morgan fingerprint density at radius 3 is 1.89 bits per heavy atom. The van der Waals surface area contributed by atoms with E-state index in [9.17, 15) is 20.4 Å². The average Bonchev–Trinajstić information content (AvgIpc) is 3.44. The zero-order valence-electron chi connectivity index (χ0n) is 43.7. The van der Waals surface area contributed by atoms with Gasteiger partial charge in [-0.3, -0.25) is 0 Å². The van der Waals surface area contributed by atoms with E-state index in [-0.39, 0.29) is 116 Å². The van der Waals surface area contributed by atoms with Gasteiger partial charge in [0, 0.05) is 43.9 Å². The monoisotopic (exact) mass is 1040 g/mol. The first-order valence-electron chi connectivity index (χ1n) is 28.6. The van der Waals surface area contributed by atoms with Crippen molar-refractivity contribution in [3.63, 3.8) is 0 Å². The van der Waals surface area contributed by atoms with Crippen LogP contribution in [0.3, 0.4) is 0 Å². The molecule has 13 rings (SSSR count). The first kappa shape index (κ1) is 51.7. The van der Waals surface area contributed by atoms with Gasteiger partial charge >= 0.3 is 0 Å². The summed E-state index contributed by atoms with van der Waals surface area (Å²) in [7, 11) is 0. The molecule has 31 atom stereocenters. The van der Waals surface area contributed by atoms with Gasteiger partial charge in [-0.1, -0.05) is 76.3 Å². The van der Waals surface area contributed by atoms with Crippen molar-refractivity contribution in [3.05, 3.63) is 48.6 Å². The molecule has 0 aromatic heterocycles. The van der Waals surface area contributed by atoms with Crippen molar-refractivity contribution in [3.8, 4) is 0 Å². The molecule has 13 aliphatic rings. The summed E-state index contributed by atoms with van der Waals surface area (Å²) >= 11 is 0. The van der Waals surface area contributed by atoms with Crippen LogP contribution < -0.4 is 0 Å². The van der Waals surface area contributed by atoms with Crippen LogP contribution in [0.15, 0.2) is 48.6 Å². The van der Waals surface area contributed by atoms with Gasteiger partial charge in [-0.2, -0.15) is 0 Å². The molecule has 0 aromatic carbocycles. The molecule has 9 saturated heterocycles. The van der Waals surface area contributed by atoms with Crippen LogP contribution in [0.2, 0.25) is 0 Å². The Balaban J connectivity index is 0.693. The molecule has 0 aromatic rings. The minimum atomic E-state index is -1.02. The van der Waals surface area contributed by atoms with Gasteiger partial charge in [-0.05, 0) is 57.3 Å². The molecule has 17 heteroatoms. The van der Waals surface area contributed by atoms with Gasteiger partial charge in [0.15, 0.2) is 5.79 Å². The summed E-state index contributed by atoms with van der Waals surface area (Å²) in [5, 5.41) is 46.4. The third kappa shape index (κ3) is 9.22. The van der Waals surface area contributed by atoms with Gasteiger partial charge in [0.25, 0.3) is 0 Å². The van der Waals surface area contributed by atoms with Crippen molar-refractivity contribution in [1.82, 2.24) is 0 Å². The minimum absolute atomic E-state index is 0.0202. The number of hydrogen-bond acceptors (Lipinski definition) is 17. The molecule has 13 aliphatic heterocycles. The zero-order chi connectivity index (χ0) is 50.8. The molecule has 0 saturated carbocycles. The lowest BCUT2D eigenvalue weighted by Gasteiger charge is -2.53. The summed E-state index contributed by atoms with van der Waals surface area (Å²) in [5.74, 6) is -1.13. The summed E-state index contributed by atoms with van der Waals surface area (Å²) in [5.41, 5.74) is -1.02. The van der Waals surface area contributed by atoms with Crippen LogP contribution in [-0.2, 0) is 61.6 Å². The highest BCUT2D eigenvalue weighted by Crippen LogP contribution is 2.52. The number of aliphatic hydroxyl groups is 4. The largest absolute Gasteiger partial charge is 0.391 e. The van der Waals surface area contributed by atoms with E-state index in [1.807, 2.05) is 26.0 Å². The van der Waals surface area contributed by atoms with Gasteiger partial charge in [0.1, 0.15) is 48.3 Å². The normalized spacial score (nSPS) is 58.9. The predicted octanol–water partition coefficient (Wildman–Crippen LogP) is 4.08. The highest BCUT2D eigenvalue weighted by atomic mass is 16.7. The van der Waals surface area contributed by atoms with E-state index < -0.39 is 78.5 Å². The van der Waals surface area contributed by atoms with E-state index in [0.717, 1.165) is 12.8 Å². The van der Waals surface area contributed by atoms with Crippen LogP contribution in [-0.4, -0.2) is 198 Å². The Morgan fingerprint density at radius 2 is 1.07 bits per heavy atom.